The van der Waals surface area contributed by atoms with Gasteiger partial charge in [0.2, 0.25) is 5.95 Å². The van der Waals surface area contributed by atoms with Gasteiger partial charge in [0.15, 0.2) is 2.82 Å². The molecule has 1 rings (SSSR count). The molecule has 0 radical (unpaired) electrons. The Hall–Kier alpha value is -0.830. The number of rotatable bonds is 1. The SMILES string of the molecule is [2H]N([2H])c1ncc(Cl)cn1. The third kappa shape index (κ3) is 1.07. The summed E-state index contributed by atoms with van der Waals surface area (Å²) in [6.07, 6.45) is 2.67. The molecule has 0 amide bonds. The number of nitrogen functional groups attached to an aromatic ring is 1. The summed E-state index contributed by atoms with van der Waals surface area (Å²) in [5.74, 6) is 0.00407. The summed E-state index contributed by atoms with van der Waals surface area (Å²) < 4.78 is 13.4. The van der Waals surface area contributed by atoms with Gasteiger partial charge in [0, 0.05) is 0 Å². The lowest BCUT2D eigenvalue weighted by Gasteiger charge is -1.86. The molecular formula is C4H4ClN3. The molecule has 0 spiro atoms. The summed E-state index contributed by atoms with van der Waals surface area (Å²) in [6.45, 7) is 0. The molecule has 0 fully saturated rings. The van der Waals surface area contributed by atoms with Gasteiger partial charge in [-0.25, -0.2) is 9.97 Å². The van der Waals surface area contributed by atoms with Crippen LogP contribution in [0.4, 0.5) is 5.95 Å². The van der Waals surface area contributed by atoms with E-state index in [2.05, 4.69) is 9.97 Å². The lowest BCUT2D eigenvalue weighted by atomic mass is 10.7. The first-order valence-corrected chi connectivity index (χ1v) is 2.33. The molecule has 1 heterocycles. The lowest BCUT2D eigenvalue weighted by molar-refractivity contribution is 1.19. The van der Waals surface area contributed by atoms with Gasteiger partial charge < -0.3 is 5.72 Å². The van der Waals surface area contributed by atoms with E-state index in [1.165, 1.54) is 12.4 Å². The number of aromatic nitrogens is 2. The van der Waals surface area contributed by atoms with Crippen LogP contribution in [0.2, 0.25) is 7.85 Å². The maximum atomic E-state index is 6.72. The lowest BCUT2D eigenvalue weighted by Crippen LogP contribution is -1.91. The predicted octanol–water partition coefficient (Wildman–Crippen LogP) is 0.712. The molecule has 0 aliphatic rings. The van der Waals surface area contributed by atoms with Crippen molar-refractivity contribution >= 4 is 17.5 Å². The highest BCUT2D eigenvalue weighted by Crippen LogP contribution is 2.02. The van der Waals surface area contributed by atoms with Gasteiger partial charge in [-0.15, -0.1) is 0 Å². The van der Waals surface area contributed by atoms with E-state index in [1.54, 1.807) is 0 Å². The predicted molar refractivity (Wildman–Crippen MR) is 31.5 cm³/mol. The second kappa shape index (κ2) is 1.96. The van der Waals surface area contributed by atoms with Crippen LogP contribution in [0.5, 0.6) is 0 Å². The Morgan fingerprint density at radius 2 is 2.25 bits per heavy atom. The van der Waals surface area contributed by atoms with Crippen molar-refractivity contribution in [2.24, 2.45) is 0 Å². The summed E-state index contributed by atoms with van der Waals surface area (Å²) in [7, 11) is 0. The molecule has 0 bridgehead atoms. The molecule has 0 saturated carbocycles. The third-order valence-electron chi connectivity index (χ3n) is 0.607. The zero-order valence-electron chi connectivity index (χ0n) is 5.87. The minimum absolute atomic E-state index is 0.00407. The minimum atomic E-state index is 0.00407. The highest BCUT2D eigenvalue weighted by atomic mass is 35.5. The summed E-state index contributed by atoms with van der Waals surface area (Å²) >= 11 is 5.45. The normalized spacial score (nSPS) is 12.1. The van der Waals surface area contributed by atoms with Crippen LogP contribution >= 0.6 is 11.6 Å². The standard InChI is InChI=1S/C4H4ClN3/c5-3-1-7-4(6)8-2-3/h1-2H,(H2,6,7,8)/i/hD2. The van der Waals surface area contributed by atoms with Crippen LogP contribution in [0.15, 0.2) is 12.4 Å². The molecule has 3 nitrogen and oxygen atoms in total. The van der Waals surface area contributed by atoms with Crippen LogP contribution in [0, 0.1) is 0 Å². The minimum Gasteiger partial charge on any atom is -0.368 e. The van der Waals surface area contributed by atoms with E-state index < -0.39 is 0 Å². The van der Waals surface area contributed by atoms with E-state index in [4.69, 9.17) is 14.4 Å². The molecule has 2 N–H and O–H groups in total. The van der Waals surface area contributed by atoms with Gasteiger partial charge in [0.1, 0.15) is 0 Å². The summed E-state index contributed by atoms with van der Waals surface area (Å²) in [5, 5.41) is 0.394. The molecular weight excluding hydrogens is 126 g/mol. The van der Waals surface area contributed by atoms with Crippen molar-refractivity contribution in [3.05, 3.63) is 17.4 Å². The maximum absolute atomic E-state index is 6.72. The molecule has 0 aliphatic heterocycles. The van der Waals surface area contributed by atoms with E-state index in [0.717, 1.165) is 0 Å². The number of hydrogen-bond acceptors (Lipinski definition) is 3. The second-order valence-corrected chi connectivity index (χ2v) is 1.64. The van der Waals surface area contributed by atoms with Crippen molar-refractivity contribution in [3.63, 3.8) is 0 Å². The Kier molecular flexibility index (Phi) is 0.796. The third-order valence-corrected chi connectivity index (χ3v) is 0.802. The molecule has 4 heteroatoms. The highest BCUT2D eigenvalue weighted by molar-refractivity contribution is 6.30. The van der Waals surface area contributed by atoms with E-state index >= 15 is 0 Å². The summed E-state index contributed by atoms with van der Waals surface area (Å²) in [4.78, 5) is 7.17. The monoisotopic (exact) mass is 131 g/mol. The van der Waals surface area contributed by atoms with E-state index in [-0.39, 0.29) is 5.95 Å². The average molecular weight is 132 g/mol. The fourth-order valence-electron chi connectivity index (χ4n) is 0.305. The average Bonchev–Trinajstić information content (AvgIpc) is 1.88. The molecule has 1 aromatic rings. The van der Waals surface area contributed by atoms with Crippen LogP contribution in [-0.4, -0.2) is 9.97 Å². The topological polar surface area (TPSA) is 51.8 Å². The molecule has 8 heavy (non-hydrogen) atoms. The van der Waals surface area contributed by atoms with Gasteiger partial charge in [-0.2, -0.15) is 0 Å². The molecule has 42 valence electrons. The van der Waals surface area contributed by atoms with Crippen LogP contribution in [0.1, 0.15) is 0 Å². The number of halogens is 1. The molecule has 0 aromatic carbocycles. The Morgan fingerprint density at radius 1 is 1.62 bits per heavy atom. The Morgan fingerprint density at radius 3 is 2.75 bits per heavy atom. The zero-order valence-corrected chi connectivity index (χ0v) is 4.63. The number of nitrogens with two attached hydrogens (primary N) is 1. The smallest absolute Gasteiger partial charge is 0.220 e. The Bertz CT molecular complexity index is 212. The zero-order chi connectivity index (χ0) is 7.56. The highest BCUT2D eigenvalue weighted by Gasteiger charge is 1.85. The van der Waals surface area contributed by atoms with Crippen molar-refractivity contribution in [3.8, 4) is 0 Å². The van der Waals surface area contributed by atoms with E-state index in [9.17, 15) is 0 Å². The van der Waals surface area contributed by atoms with Gasteiger partial charge in [0.05, 0.1) is 17.4 Å². The van der Waals surface area contributed by atoms with Crippen molar-refractivity contribution < 1.29 is 2.82 Å². The van der Waals surface area contributed by atoms with Gasteiger partial charge in [-0.1, -0.05) is 11.6 Å². The molecule has 0 unspecified atom stereocenters. The van der Waals surface area contributed by atoms with E-state index in [1.807, 2.05) is 0 Å². The van der Waals surface area contributed by atoms with Crippen molar-refractivity contribution in [1.29, 1.82) is 0 Å². The number of hydrogen-bond donors (Lipinski definition) is 1. The molecule has 0 aliphatic carbocycles. The number of nitrogens with zero attached hydrogens (tertiary/aromatic N) is 2. The van der Waals surface area contributed by atoms with Gasteiger partial charge in [0.25, 0.3) is 0 Å². The number of anilines is 1. The van der Waals surface area contributed by atoms with Crippen LogP contribution in [0.3, 0.4) is 0 Å². The fourth-order valence-corrected chi connectivity index (χ4v) is 0.403. The summed E-state index contributed by atoms with van der Waals surface area (Å²) in [5.41, 5.74) is 0.316. The summed E-state index contributed by atoms with van der Waals surface area (Å²) in [6, 6.07) is 0. The Labute approximate surface area is 54.4 Å². The molecule has 0 atom stereocenters. The second-order valence-electron chi connectivity index (χ2n) is 1.20. The van der Waals surface area contributed by atoms with Crippen molar-refractivity contribution in [1.82, 2.24) is 9.97 Å². The quantitative estimate of drug-likeness (QED) is 0.611. The first-order valence-electron chi connectivity index (χ1n) is 2.85. The van der Waals surface area contributed by atoms with Crippen molar-refractivity contribution in [2.75, 3.05) is 5.72 Å². The van der Waals surface area contributed by atoms with Crippen LogP contribution in [-0.2, 0) is 0 Å². The maximum Gasteiger partial charge on any atom is 0.220 e. The van der Waals surface area contributed by atoms with Gasteiger partial charge in [-0.05, 0) is 0 Å². The molecule has 1 aromatic heterocycles. The Balaban J connectivity index is 2.89. The van der Waals surface area contributed by atoms with Crippen LogP contribution < -0.4 is 5.72 Å². The largest absolute Gasteiger partial charge is 0.368 e. The van der Waals surface area contributed by atoms with Crippen LogP contribution in [0.25, 0.3) is 0 Å². The van der Waals surface area contributed by atoms with E-state index in [0.29, 0.717) is 10.7 Å². The van der Waals surface area contributed by atoms with Gasteiger partial charge in [-0.3, -0.25) is 0 Å². The van der Waals surface area contributed by atoms with Crippen molar-refractivity contribution in [2.45, 2.75) is 0 Å². The fraction of sp³-hybridized carbons (Fsp3) is 0. The molecule has 0 saturated heterocycles. The first-order chi connectivity index (χ1) is 4.70. The first kappa shape index (κ1) is 3.25. The van der Waals surface area contributed by atoms with Gasteiger partial charge >= 0.3 is 0 Å².